The lowest BCUT2D eigenvalue weighted by Gasteiger charge is -2.27. The highest BCUT2D eigenvalue weighted by Gasteiger charge is 2.25. The minimum Gasteiger partial charge on any atom is -0.317 e. The molecule has 3 aromatic heterocycles. The Morgan fingerprint density at radius 2 is 2.07 bits per heavy atom. The molecule has 1 aliphatic carbocycles. The topological polar surface area (TPSA) is 60.0 Å². The van der Waals surface area contributed by atoms with Crippen molar-refractivity contribution in [3.05, 3.63) is 35.8 Å². The molecule has 0 bridgehead atoms. The summed E-state index contributed by atoms with van der Waals surface area (Å²) in [6.07, 6.45) is 9.13. The zero-order valence-electron chi connectivity index (χ0n) is 15.9. The van der Waals surface area contributed by atoms with Crippen LogP contribution in [0.5, 0.6) is 0 Å². The zero-order valence-corrected chi connectivity index (χ0v) is 16.8. The van der Waals surface area contributed by atoms with Crippen LogP contribution in [0.2, 0.25) is 0 Å². The van der Waals surface area contributed by atoms with E-state index in [0.29, 0.717) is 12.0 Å². The van der Waals surface area contributed by atoms with Crippen LogP contribution in [0.3, 0.4) is 0 Å². The highest BCUT2D eigenvalue weighted by Crippen LogP contribution is 2.35. The molecular formula is C20H24N6S. The first-order chi connectivity index (χ1) is 13.1. The summed E-state index contributed by atoms with van der Waals surface area (Å²) in [5.41, 5.74) is 4.57. The normalized spacial score (nSPS) is 20.7. The van der Waals surface area contributed by atoms with Crippen molar-refractivity contribution in [1.82, 2.24) is 29.7 Å². The van der Waals surface area contributed by atoms with Crippen LogP contribution in [-0.4, -0.2) is 37.5 Å². The molecule has 6 nitrogen and oxygen atoms in total. The van der Waals surface area contributed by atoms with Crippen LogP contribution in [0, 0.1) is 6.92 Å². The van der Waals surface area contributed by atoms with E-state index in [1.54, 1.807) is 11.3 Å². The van der Waals surface area contributed by atoms with E-state index in [1.807, 2.05) is 16.2 Å². The van der Waals surface area contributed by atoms with E-state index in [1.165, 1.54) is 36.9 Å². The Morgan fingerprint density at radius 3 is 2.89 bits per heavy atom. The van der Waals surface area contributed by atoms with Crippen LogP contribution >= 0.6 is 11.3 Å². The molecule has 1 N–H and O–H groups in total. The van der Waals surface area contributed by atoms with Crippen LogP contribution in [0.15, 0.2) is 24.5 Å². The van der Waals surface area contributed by atoms with Gasteiger partial charge in [-0.2, -0.15) is 10.2 Å². The molecule has 2 atom stereocenters. The van der Waals surface area contributed by atoms with Gasteiger partial charge in [0.15, 0.2) is 0 Å². The van der Waals surface area contributed by atoms with Gasteiger partial charge in [0.1, 0.15) is 5.01 Å². The summed E-state index contributed by atoms with van der Waals surface area (Å²) in [4.78, 5) is 5.90. The van der Waals surface area contributed by atoms with E-state index in [4.69, 9.17) is 10.1 Å². The average Bonchev–Trinajstić information content (AvgIpc) is 3.33. The van der Waals surface area contributed by atoms with E-state index in [9.17, 15) is 0 Å². The van der Waals surface area contributed by atoms with E-state index < -0.39 is 0 Å². The Hall–Kier alpha value is -2.25. The minimum absolute atomic E-state index is 0.544. The molecule has 1 aromatic carbocycles. The number of hydrogen-bond donors (Lipinski definition) is 1. The van der Waals surface area contributed by atoms with E-state index >= 15 is 0 Å². The molecule has 3 heterocycles. The van der Waals surface area contributed by atoms with Crippen molar-refractivity contribution in [1.29, 1.82) is 0 Å². The Bertz CT molecular complexity index is 1090. The van der Waals surface area contributed by atoms with Crippen molar-refractivity contribution < 1.29 is 0 Å². The fraction of sp³-hybridized carbons (Fsp3) is 0.450. The molecule has 0 radical (unpaired) electrons. The SMILES string of the molecule is CN[C@@H]1CCC[C@@H](c2cn3nc(-c4cc(C)c5nn(C)cc5c4)sc3n2)C1. The Labute approximate surface area is 162 Å². The van der Waals surface area contributed by atoms with E-state index in [-0.39, 0.29) is 0 Å². The van der Waals surface area contributed by atoms with Gasteiger partial charge in [-0.05, 0) is 50.9 Å². The molecule has 0 spiro atoms. The van der Waals surface area contributed by atoms with Crippen molar-refractivity contribution in [2.75, 3.05) is 7.05 Å². The lowest BCUT2D eigenvalue weighted by atomic mass is 9.84. The van der Waals surface area contributed by atoms with Crippen LogP contribution in [0.4, 0.5) is 0 Å². The number of hydrogen-bond acceptors (Lipinski definition) is 5. The van der Waals surface area contributed by atoms with Crippen molar-refractivity contribution >= 4 is 27.2 Å². The molecule has 1 fully saturated rings. The maximum Gasteiger partial charge on any atom is 0.212 e. The van der Waals surface area contributed by atoms with E-state index in [2.05, 4.69) is 48.9 Å². The smallest absolute Gasteiger partial charge is 0.212 e. The molecule has 0 aliphatic heterocycles. The molecule has 0 unspecified atom stereocenters. The van der Waals surface area contributed by atoms with Crippen molar-refractivity contribution in [3.63, 3.8) is 0 Å². The second-order valence-electron chi connectivity index (χ2n) is 7.68. The standard InChI is InChI=1S/C20H24N6S/c1-12-7-14(8-15-10-25(3)23-18(12)15)19-24-26-11-17(22-20(26)27-19)13-5-4-6-16(9-13)21-2/h7-8,10-11,13,16,21H,4-6,9H2,1-3H3/t13-,16-/m1/s1. The van der Waals surface area contributed by atoms with Crippen LogP contribution in [0.25, 0.3) is 26.4 Å². The molecule has 0 saturated heterocycles. The van der Waals surface area contributed by atoms with Crippen molar-refractivity contribution in [2.24, 2.45) is 7.05 Å². The quantitative estimate of drug-likeness (QED) is 0.586. The molecule has 4 aromatic rings. The highest BCUT2D eigenvalue weighted by atomic mass is 32.1. The molecule has 7 heteroatoms. The molecule has 140 valence electrons. The predicted octanol–water partition coefficient (Wildman–Crippen LogP) is 3.90. The van der Waals surface area contributed by atoms with Gasteiger partial charge in [0.05, 0.1) is 17.4 Å². The maximum absolute atomic E-state index is 4.91. The summed E-state index contributed by atoms with van der Waals surface area (Å²) in [6.45, 7) is 2.11. The molecule has 1 aliphatic rings. The van der Waals surface area contributed by atoms with Crippen LogP contribution in [0.1, 0.15) is 42.9 Å². The third kappa shape index (κ3) is 2.95. The summed E-state index contributed by atoms with van der Waals surface area (Å²) in [6, 6.07) is 4.96. The number of fused-ring (bicyclic) bond motifs is 2. The molecular weight excluding hydrogens is 356 g/mol. The largest absolute Gasteiger partial charge is 0.317 e. The van der Waals surface area contributed by atoms with Gasteiger partial charge >= 0.3 is 0 Å². The van der Waals surface area contributed by atoms with Crippen LogP contribution in [-0.2, 0) is 7.05 Å². The second-order valence-corrected chi connectivity index (χ2v) is 8.64. The monoisotopic (exact) mass is 380 g/mol. The number of imidazole rings is 1. The van der Waals surface area contributed by atoms with Gasteiger partial charge in [-0.1, -0.05) is 17.8 Å². The first kappa shape index (κ1) is 16.9. The fourth-order valence-corrected chi connectivity index (χ4v) is 5.18. The first-order valence-corrected chi connectivity index (χ1v) is 10.4. The van der Waals surface area contributed by atoms with E-state index in [0.717, 1.165) is 26.4 Å². The first-order valence-electron chi connectivity index (χ1n) is 9.58. The third-order valence-electron chi connectivity index (χ3n) is 5.72. The summed E-state index contributed by atoms with van der Waals surface area (Å²) in [7, 11) is 4.02. The summed E-state index contributed by atoms with van der Waals surface area (Å²) < 4.78 is 3.83. The number of benzene rings is 1. The lowest BCUT2D eigenvalue weighted by Crippen LogP contribution is -2.30. The van der Waals surface area contributed by atoms with Gasteiger partial charge < -0.3 is 5.32 Å². The van der Waals surface area contributed by atoms with Gasteiger partial charge in [0.2, 0.25) is 4.96 Å². The van der Waals surface area contributed by atoms with Gasteiger partial charge in [-0.25, -0.2) is 9.50 Å². The third-order valence-corrected chi connectivity index (χ3v) is 6.69. The maximum atomic E-state index is 4.91. The average molecular weight is 381 g/mol. The fourth-order valence-electron chi connectivity index (χ4n) is 4.30. The van der Waals surface area contributed by atoms with Gasteiger partial charge in [0.25, 0.3) is 0 Å². The minimum atomic E-state index is 0.544. The van der Waals surface area contributed by atoms with Crippen molar-refractivity contribution in [3.8, 4) is 10.6 Å². The second kappa shape index (κ2) is 6.42. The lowest BCUT2D eigenvalue weighted by molar-refractivity contribution is 0.352. The summed E-state index contributed by atoms with van der Waals surface area (Å²) in [5.74, 6) is 0.544. The zero-order chi connectivity index (χ0) is 18.5. The van der Waals surface area contributed by atoms with Gasteiger partial charge in [0, 0.05) is 36.2 Å². The highest BCUT2D eigenvalue weighted by molar-refractivity contribution is 7.19. The Balaban J connectivity index is 1.48. The summed E-state index contributed by atoms with van der Waals surface area (Å²) in [5, 5.41) is 14.9. The number of nitrogens with one attached hydrogen (secondary N) is 1. The Kier molecular flexibility index (Phi) is 4.02. The van der Waals surface area contributed by atoms with Gasteiger partial charge in [-0.3, -0.25) is 4.68 Å². The van der Waals surface area contributed by atoms with Crippen molar-refractivity contribution in [2.45, 2.75) is 44.6 Å². The Morgan fingerprint density at radius 1 is 1.19 bits per heavy atom. The molecule has 27 heavy (non-hydrogen) atoms. The summed E-state index contributed by atoms with van der Waals surface area (Å²) >= 11 is 1.66. The number of aromatic nitrogens is 5. The number of nitrogens with zero attached hydrogens (tertiary/aromatic N) is 5. The molecule has 1 saturated carbocycles. The molecule has 0 amide bonds. The van der Waals surface area contributed by atoms with Gasteiger partial charge in [-0.15, -0.1) is 0 Å². The number of rotatable bonds is 3. The molecule has 5 rings (SSSR count). The number of aryl methyl sites for hydroxylation is 2. The predicted molar refractivity (Wildman–Crippen MR) is 109 cm³/mol. The van der Waals surface area contributed by atoms with Crippen LogP contribution < -0.4 is 5.32 Å².